The zero-order valence-electron chi connectivity index (χ0n) is 22.7. The van der Waals surface area contributed by atoms with Crippen LogP contribution in [-0.4, -0.2) is 18.2 Å². The van der Waals surface area contributed by atoms with Crippen molar-refractivity contribution in [2.45, 2.75) is 65.4 Å². The van der Waals surface area contributed by atoms with Crippen LogP contribution in [0.2, 0.25) is 0 Å². The molecule has 1 aliphatic carbocycles. The minimum Gasteiger partial charge on any atom is -0.497 e. The Bertz CT molecular complexity index is 1320. The van der Waals surface area contributed by atoms with Crippen LogP contribution in [0.1, 0.15) is 75.5 Å². The molecule has 1 N–H and O–H groups in total. The molecule has 0 unspecified atom stereocenters. The first kappa shape index (κ1) is 27.4. The lowest BCUT2D eigenvalue weighted by molar-refractivity contribution is -0.137. The Kier molecular flexibility index (Phi) is 8.55. The van der Waals surface area contributed by atoms with E-state index in [2.05, 4.69) is 32.9 Å². The van der Waals surface area contributed by atoms with E-state index in [0.29, 0.717) is 23.7 Å². The largest absolute Gasteiger partial charge is 0.497 e. The molecule has 200 valence electrons. The highest BCUT2D eigenvalue weighted by atomic mass is 19.1. The van der Waals surface area contributed by atoms with Crippen molar-refractivity contribution in [1.82, 2.24) is 0 Å². The Morgan fingerprint density at radius 1 is 1.03 bits per heavy atom. The molecule has 0 radical (unpaired) electrons. The smallest absolute Gasteiger partial charge is 0.303 e. The zero-order chi connectivity index (χ0) is 27.3. The number of carboxylic acid groups (broad SMARTS) is 1. The summed E-state index contributed by atoms with van der Waals surface area (Å²) in [5, 5.41) is 9.33. The Hall–Kier alpha value is -3.60. The maximum absolute atomic E-state index is 15.0. The SMILES string of the molecule is CCC[C@@H](CC(=O)O)c1cccc(OCc2ccc(-c3cc(OC)ccc3F)c(C3=CCCC3(C)C)c2)c1. The van der Waals surface area contributed by atoms with Gasteiger partial charge in [-0.2, -0.15) is 0 Å². The van der Waals surface area contributed by atoms with Crippen molar-refractivity contribution in [1.29, 1.82) is 0 Å². The molecule has 38 heavy (non-hydrogen) atoms. The molecule has 0 bridgehead atoms. The average Bonchev–Trinajstić information content (AvgIpc) is 3.26. The van der Waals surface area contributed by atoms with Crippen LogP contribution in [0.25, 0.3) is 16.7 Å². The van der Waals surface area contributed by atoms with E-state index in [4.69, 9.17) is 9.47 Å². The van der Waals surface area contributed by atoms with Gasteiger partial charge in [-0.25, -0.2) is 4.39 Å². The second-order valence-electron chi connectivity index (χ2n) is 10.7. The number of hydrogen-bond acceptors (Lipinski definition) is 3. The van der Waals surface area contributed by atoms with Crippen molar-refractivity contribution < 1.29 is 23.8 Å². The maximum Gasteiger partial charge on any atom is 0.303 e. The molecule has 3 aromatic carbocycles. The highest BCUT2D eigenvalue weighted by Crippen LogP contribution is 2.47. The van der Waals surface area contributed by atoms with E-state index in [9.17, 15) is 9.90 Å². The highest BCUT2D eigenvalue weighted by Gasteiger charge is 2.30. The third kappa shape index (κ3) is 6.27. The molecule has 0 aromatic heterocycles. The predicted molar refractivity (Wildman–Crippen MR) is 150 cm³/mol. The van der Waals surface area contributed by atoms with E-state index < -0.39 is 5.97 Å². The third-order valence-electron chi connectivity index (χ3n) is 7.48. The zero-order valence-corrected chi connectivity index (χ0v) is 22.7. The molecule has 4 nitrogen and oxygen atoms in total. The summed E-state index contributed by atoms with van der Waals surface area (Å²) < 4.78 is 26.6. The van der Waals surface area contributed by atoms with Crippen molar-refractivity contribution in [2.75, 3.05) is 7.11 Å². The van der Waals surface area contributed by atoms with Gasteiger partial charge in [-0.3, -0.25) is 4.79 Å². The summed E-state index contributed by atoms with van der Waals surface area (Å²) >= 11 is 0. The minimum absolute atomic E-state index is 0.0175. The van der Waals surface area contributed by atoms with Gasteiger partial charge in [0.1, 0.15) is 23.9 Å². The van der Waals surface area contributed by atoms with Crippen LogP contribution < -0.4 is 9.47 Å². The van der Waals surface area contributed by atoms with Crippen LogP contribution in [-0.2, 0) is 11.4 Å². The number of benzene rings is 3. The number of ether oxygens (including phenoxy) is 2. The van der Waals surface area contributed by atoms with Gasteiger partial charge < -0.3 is 14.6 Å². The van der Waals surface area contributed by atoms with Crippen molar-refractivity contribution in [2.24, 2.45) is 5.41 Å². The summed E-state index contributed by atoms with van der Waals surface area (Å²) in [7, 11) is 1.59. The molecule has 0 fully saturated rings. The number of aliphatic carboxylic acids is 1. The van der Waals surface area contributed by atoms with Crippen LogP contribution >= 0.6 is 0 Å². The molecule has 1 atom stereocenters. The molecule has 3 aromatic rings. The molecule has 0 amide bonds. The van der Waals surface area contributed by atoms with E-state index in [0.717, 1.165) is 47.9 Å². The van der Waals surface area contributed by atoms with E-state index in [-0.39, 0.29) is 23.6 Å². The Balaban J connectivity index is 1.65. The molecule has 0 spiro atoms. The third-order valence-corrected chi connectivity index (χ3v) is 7.48. The molecule has 4 rings (SSSR count). The fourth-order valence-electron chi connectivity index (χ4n) is 5.41. The summed E-state index contributed by atoms with van der Waals surface area (Å²) in [5.74, 6) is 0.204. The molecular weight excluding hydrogens is 479 g/mol. The Morgan fingerprint density at radius 2 is 1.84 bits per heavy atom. The predicted octanol–water partition coefficient (Wildman–Crippen LogP) is 8.64. The van der Waals surface area contributed by atoms with Gasteiger partial charge in [0.25, 0.3) is 0 Å². The summed E-state index contributed by atoms with van der Waals surface area (Å²) in [6.45, 7) is 6.88. The standard InChI is InChI=1S/C33H37FO4/c1-5-8-23(19-32(35)36)24-9-6-10-26(18-24)38-21-22-12-14-27(29-20-25(37-4)13-15-31(29)34)28(17-22)30-11-7-16-33(30,2)3/h6,9-15,17-18,20,23H,5,7-8,16,19,21H2,1-4H3,(H,35,36)/t23-/m0/s1. The molecule has 0 saturated carbocycles. The van der Waals surface area contributed by atoms with E-state index in [1.165, 1.54) is 11.6 Å². The molecule has 0 heterocycles. The van der Waals surface area contributed by atoms with Gasteiger partial charge in [0.15, 0.2) is 0 Å². The van der Waals surface area contributed by atoms with Gasteiger partial charge in [0.2, 0.25) is 0 Å². The summed E-state index contributed by atoms with van der Waals surface area (Å²) in [6.07, 6.45) is 6.13. The lowest BCUT2D eigenvalue weighted by atomic mass is 9.79. The minimum atomic E-state index is -0.793. The molecule has 0 aliphatic heterocycles. The summed E-state index contributed by atoms with van der Waals surface area (Å²) in [6, 6.07) is 18.6. The fraction of sp³-hybridized carbons (Fsp3) is 0.364. The van der Waals surface area contributed by atoms with Gasteiger partial charge >= 0.3 is 5.97 Å². The highest BCUT2D eigenvalue weighted by molar-refractivity contribution is 5.85. The van der Waals surface area contributed by atoms with E-state index >= 15 is 4.39 Å². The van der Waals surface area contributed by atoms with Crippen LogP contribution in [0.3, 0.4) is 0 Å². The number of hydrogen-bond donors (Lipinski definition) is 1. The maximum atomic E-state index is 15.0. The first-order chi connectivity index (χ1) is 18.2. The molecule has 1 aliphatic rings. The van der Waals surface area contributed by atoms with Gasteiger partial charge in [0.05, 0.1) is 13.5 Å². The first-order valence-electron chi connectivity index (χ1n) is 13.3. The summed E-state index contributed by atoms with van der Waals surface area (Å²) in [4.78, 5) is 11.4. The lowest BCUT2D eigenvalue weighted by Crippen LogP contribution is -2.10. The van der Waals surface area contributed by atoms with E-state index in [1.807, 2.05) is 36.4 Å². The first-order valence-corrected chi connectivity index (χ1v) is 13.3. The number of rotatable bonds is 11. The fourth-order valence-corrected chi connectivity index (χ4v) is 5.41. The van der Waals surface area contributed by atoms with Crippen LogP contribution in [0.4, 0.5) is 4.39 Å². The number of carbonyl (C=O) groups is 1. The lowest BCUT2D eigenvalue weighted by Gasteiger charge is -2.25. The van der Waals surface area contributed by atoms with Crippen molar-refractivity contribution >= 4 is 11.5 Å². The van der Waals surface area contributed by atoms with Crippen molar-refractivity contribution in [3.05, 3.63) is 89.2 Å². The monoisotopic (exact) mass is 516 g/mol. The number of allylic oxidation sites excluding steroid dienone is 2. The van der Waals surface area contributed by atoms with Gasteiger partial charge in [-0.15, -0.1) is 0 Å². The second kappa shape index (κ2) is 11.8. The van der Waals surface area contributed by atoms with Crippen molar-refractivity contribution in [3.8, 4) is 22.6 Å². The number of halogens is 1. The normalized spacial score (nSPS) is 15.1. The Morgan fingerprint density at radius 3 is 2.53 bits per heavy atom. The number of carboxylic acids is 1. The quantitative estimate of drug-likeness (QED) is 0.277. The second-order valence-corrected chi connectivity index (χ2v) is 10.7. The van der Waals surface area contributed by atoms with Crippen LogP contribution in [0.5, 0.6) is 11.5 Å². The topological polar surface area (TPSA) is 55.8 Å². The van der Waals surface area contributed by atoms with Gasteiger partial charge in [-0.05, 0) is 94.8 Å². The van der Waals surface area contributed by atoms with Gasteiger partial charge in [-0.1, -0.05) is 57.5 Å². The van der Waals surface area contributed by atoms with Crippen molar-refractivity contribution in [3.63, 3.8) is 0 Å². The average molecular weight is 517 g/mol. The molecule has 5 heteroatoms. The molecular formula is C33H37FO4. The Labute approximate surface area is 225 Å². The van der Waals surface area contributed by atoms with Crippen LogP contribution in [0.15, 0.2) is 66.7 Å². The summed E-state index contributed by atoms with van der Waals surface area (Å²) in [5.41, 5.74) is 5.53. The number of methoxy groups -OCH3 is 1. The van der Waals surface area contributed by atoms with E-state index in [1.54, 1.807) is 19.2 Å². The van der Waals surface area contributed by atoms with Gasteiger partial charge in [0, 0.05) is 5.56 Å². The molecule has 0 saturated heterocycles. The van der Waals surface area contributed by atoms with Crippen LogP contribution in [0, 0.1) is 11.2 Å².